The Morgan fingerprint density at radius 1 is 1.67 bits per heavy atom. The Morgan fingerprint density at radius 2 is 2.50 bits per heavy atom. The van der Waals surface area contributed by atoms with Gasteiger partial charge in [0.1, 0.15) is 0 Å². The zero-order chi connectivity index (χ0) is 13.0. The minimum absolute atomic E-state index is 0.315. The molecule has 3 nitrogen and oxygen atoms in total. The van der Waals surface area contributed by atoms with Gasteiger partial charge in [-0.3, -0.25) is 4.90 Å². The number of nitrogens with two attached hydrogens (primary N) is 1. The fourth-order valence-corrected chi connectivity index (χ4v) is 4.07. The van der Waals surface area contributed by atoms with Crippen molar-refractivity contribution < 1.29 is 4.74 Å². The van der Waals surface area contributed by atoms with E-state index in [1.54, 1.807) is 11.3 Å². The SMILES string of the molecule is CCN(CC1CCCO1)C(CN)c1cc(Br)cs1. The third kappa shape index (κ3) is 3.54. The summed E-state index contributed by atoms with van der Waals surface area (Å²) in [7, 11) is 0. The highest BCUT2D eigenvalue weighted by atomic mass is 79.9. The van der Waals surface area contributed by atoms with Gasteiger partial charge in [-0.2, -0.15) is 0 Å². The monoisotopic (exact) mass is 332 g/mol. The highest BCUT2D eigenvalue weighted by Gasteiger charge is 2.24. The lowest BCUT2D eigenvalue weighted by Gasteiger charge is -2.31. The molecule has 1 aromatic rings. The van der Waals surface area contributed by atoms with Crippen molar-refractivity contribution in [2.45, 2.75) is 31.9 Å². The van der Waals surface area contributed by atoms with Crippen LogP contribution in [-0.4, -0.2) is 37.2 Å². The normalized spacial score (nSPS) is 21.7. The number of halogens is 1. The minimum Gasteiger partial charge on any atom is -0.377 e. The van der Waals surface area contributed by atoms with Crippen LogP contribution in [0.4, 0.5) is 0 Å². The van der Waals surface area contributed by atoms with Crippen LogP contribution in [0.15, 0.2) is 15.9 Å². The Bertz CT molecular complexity index is 366. The summed E-state index contributed by atoms with van der Waals surface area (Å²) in [5.74, 6) is 0. The van der Waals surface area contributed by atoms with Crippen molar-refractivity contribution >= 4 is 27.3 Å². The molecule has 2 atom stereocenters. The molecule has 2 rings (SSSR count). The number of likely N-dealkylation sites (N-methyl/N-ethyl adjacent to an activating group) is 1. The third-order valence-electron chi connectivity index (χ3n) is 3.45. The maximum absolute atomic E-state index is 5.97. The van der Waals surface area contributed by atoms with E-state index in [0.717, 1.165) is 24.2 Å². The Labute approximate surface area is 121 Å². The van der Waals surface area contributed by atoms with Crippen LogP contribution in [0.5, 0.6) is 0 Å². The molecule has 2 heterocycles. The number of rotatable bonds is 6. The van der Waals surface area contributed by atoms with Gasteiger partial charge in [0.2, 0.25) is 0 Å². The molecule has 1 saturated heterocycles. The first-order valence-electron chi connectivity index (χ1n) is 6.54. The summed E-state index contributed by atoms with van der Waals surface area (Å²) in [4.78, 5) is 3.78. The summed E-state index contributed by atoms with van der Waals surface area (Å²) in [5.41, 5.74) is 5.97. The van der Waals surface area contributed by atoms with Crippen LogP contribution in [0, 0.1) is 0 Å². The average Bonchev–Trinajstić information content (AvgIpc) is 3.01. The van der Waals surface area contributed by atoms with Crippen molar-refractivity contribution in [2.75, 3.05) is 26.2 Å². The van der Waals surface area contributed by atoms with E-state index >= 15 is 0 Å². The van der Waals surface area contributed by atoms with Crippen LogP contribution in [0.3, 0.4) is 0 Å². The third-order valence-corrected chi connectivity index (χ3v) is 5.24. The van der Waals surface area contributed by atoms with Crippen LogP contribution < -0.4 is 5.73 Å². The quantitative estimate of drug-likeness (QED) is 0.870. The van der Waals surface area contributed by atoms with Gasteiger partial charge >= 0.3 is 0 Å². The number of hydrogen-bond donors (Lipinski definition) is 1. The van der Waals surface area contributed by atoms with Crippen molar-refractivity contribution in [3.63, 3.8) is 0 Å². The van der Waals surface area contributed by atoms with E-state index in [4.69, 9.17) is 10.5 Å². The summed E-state index contributed by atoms with van der Waals surface area (Å²) in [6.07, 6.45) is 2.77. The second-order valence-electron chi connectivity index (χ2n) is 4.64. The minimum atomic E-state index is 0.315. The molecule has 2 unspecified atom stereocenters. The molecule has 1 aliphatic rings. The summed E-state index contributed by atoms with van der Waals surface area (Å²) < 4.78 is 6.88. The lowest BCUT2D eigenvalue weighted by molar-refractivity contribution is 0.0607. The highest BCUT2D eigenvalue weighted by molar-refractivity contribution is 9.10. The van der Waals surface area contributed by atoms with Crippen molar-refractivity contribution in [1.29, 1.82) is 0 Å². The molecule has 102 valence electrons. The zero-order valence-electron chi connectivity index (χ0n) is 10.8. The Kier molecular flexibility index (Phi) is 5.63. The molecule has 0 aliphatic carbocycles. The van der Waals surface area contributed by atoms with Gasteiger partial charge in [0.25, 0.3) is 0 Å². The molecule has 1 fully saturated rings. The van der Waals surface area contributed by atoms with Crippen LogP contribution in [0.1, 0.15) is 30.7 Å². The molecular weight excluding hydrogens is 312 g/mol. The molecule has 0 spiro atoms. The maximum atomic E-state index is 5.97. The van der Waals surface area contributed by atoms with Crippen molar-refractivity contribution in [1.82, 2.24) is 4.90 Å². The molecule has 1 aliphatic heterocycles. The van der Waals surface area contributed by atoms with Gasteiger partial charge < -0.3 is 10.5 Å². The number of hydrogen-bond acceptors (Lipinski definition) is 4. The lowest BCUT2D eigenvalue weighted by Crippen LogP contribution is -2.38. The standard InChI is InChI=1S/C13H21BrN2OS/c1-2-16(8-11-4-3-5-17-11)12(7-15)13-6-10(14)9-18-13/h6,9,11-12H,2-5,7-8,15H2,1H3. The van der Waals surface area contributed by atoms with E-state index in [-0.39, 0.29) is 0 Å². The molecule has 1 aromatic heterocycles. The Morgan fingerprint density at radius 3 is 3.00 bits per heavy atom. The molecule has 0 amide bonds. The van der Waals surface area contributed by atoms with Crippen LogP contribution >= 0.6 is 27.3 Å². The Balaban J connectivity index is 2.03. The van der Waals surface area contributed by atoms with Crippen LogP contribution in [0.2, 0.25) is 0 Å². The van der Waals surface area contributed by atoms with Gasteiger partial charge in [0, 0.05) is 34.4 Å². The summed E-state index contributed by atoms with van der Waals surface area (Å²) >= 11 is 5.29. The second kappa shape index (κ2) is 7.01. The predicted octanol–water partition coefficient (Wildman–Crippen LogP) is 3.01. The molecule has 0 saturated carbocycles. The molecule has 5 heteroatoms. The number of ether oxygens (including phenoxy) is 1. The van der Waals surface area contributed by atoms with Crippen LogP contribution in [-0.2, 0) is 4.74 Å². The first-order valence-corrected chi connectivity index (χ1v) is 8.21. The molecule has 0 bridgehead atoms. The van der Waals surface area contributed by atoms with E-state index in [9.17, 15) is 0 Å². The van der Waals surface area contributed by atoms with Crippen molar-refractivity contribution in [3.8, 4) is 0 Å². The number of thiophene rings is 1. The van der Waals surface area contributed by atoms with Crippen molar-refractivity contribution in [3.05, 3.63) is 20.8 Å². The van der Waals surface area contributed by atoms with Gasteiger partial charge in [-0.1, -0.05) is 6.92 Å². The van der Waals surface area contributed by atoms with E-state index in [2.05, 4.69) is 39.2 Å². The van der Waals surface area contributed by atoms with Gasteiger partial charge in [-0.15, -0.1) is 11.3 Å². The zero-order valence-corrected chi connectivity index (χ0v) is 13.2. The summed E-state index contributed by atoms with van der Waals surface area (Å²) in [6.45, 7) is 5.78. The van der Waals surface area contributed by atoms with Gasteiger partial charge in [0.15, 0.2) is 0 Å². The predicted molar refractivity (Wildman–Crippen MR) is 80.0 cm³/mol. The summed E-state index contributed by atoms with van der Waals surface area (Å²) in [5, 5.41) is 2.12. The molecule has 2 N–H and O–H groups in total. The molecule has 18 heavy (non-hydrogen) atoms. The molecular formula is C13H21BrN2OS. The maximum Gasteiger partial charge on any atom is 0.0703 e. The second-order valence-corrected chi connectivity index (χ2v) is 6.50. The largest absolute Gasteiger partial charge is 0.377 e. The topological polar surface area (TPSA) is 38.5 Å². The first-order chi connectivity index (χ1) is 8.74. The van der Waals surface area contributed by atoms with E-state index in [1.165, 1.54) is 17.7 Å². The van der Waals surface area contributed by atoms with Gasteiger partial charge in [-0.25, -0.2) is 0 Å². The fraction of sp³-hybridized carbons (Fsp3) is 0.692. The average molecular weight is 333 g/mol. The smallest absolute Gasteiger partial charge is 0.0703 e. The van der Waals surface area contributed by atoms with Crippen LogP contribution in [0.25, 0.3) is 0 Å². The molecule has 0 radical (unpaired) electrons. The number of nitrogens with zero attached hydrogens (tertiary/aromatic N) is 1. The Hall–Kier alpha value is 0.0600. The first kappa shape index (κ1) is 14.5. The van der Waals surface area contributed by atoms with E-state index < -0.39 is 0 Å². The lowest BCUT2D eigenvalue weighted by atomic mass is 10.1. The van der Waals surface area contributed by atoms with Gasteiger partial charge in [0.05, 0.1) is 12.1 Å². The van der Waals surface area contributed by atoms with E-state index in [0.29, 0.717) is 18.7 Å². The van der Waals surface area contributed by atoms with Gasteiger partial charge in [-0.05, 0) is 41.4 Å². The highest BCUT2D eigenvalue weighted by Crippen LogP contribution is 2.29. The van der Waals surface area contributed by atoms with Crippen molar-refractivity contribution in [2.24, 2.45) is 5.73 Å². The summed E-state index contributed by atoms with van der Waals surface area (Å²) in [6, 6.07) is 2.50. The van der Waals surface area contributed by atoms with E-state index in [1.807, 2.05) is 0 Å². The molecule has 0 aromatic carbocycles. The fourth-order valence-electron chi connectivity index (χ4n) is 2.47.